The number of nitrogens with zero attached hydrogens (tertiary/aromatic N) is 5. The van der Waals surface area contributed by atoms with Crippen LogP contribution in [0.1, 0.15) is 33.6 Å². The van der Waals surface area contributed by atoms with Crippen molar-refractivity contribution < 1.29 is 13.2 Å². The highest BCUT2D eigenvalue weighted by Gasteiger charge is 2.23. The lowest BCUT2D eigenvalue weighted by Gasteiger charge is -2.36. The molecule has 1 aromatic heterocycles. The Labute approximate surface area is 225 Å². The molecule has 11 heteroatoms. The van der Waals surface area contributed by atoms with E-state index in [9.17, 15) is 8.42 Å². The molecule has 0 amide bonds. The number of anilines is 5. The summed E-state index contributed by atoms with van der Waals surface area (Å²) in [5.41, 5.74) is 2.25. The highest BCUT2D eigenvalue weighted by Crippen LogP contribution is 2.32. The summed E-state index contributed by atoms with van der Waals surface area (Å²) in [5.74, 6) is 1.21. The summed E-state index contributed by atoms with van der Waals surface area (Å²) < 4.78 is 31.3. The molecule has 0 radical (unpaired) electrons. The van der Waals surface area contributed by atoms with E-state index >= 15 is 0 Å². The van der Waals surface area contributed by atoms with Gasteiger partial charge in [-0.1, -0.05) is 25.5 Å². The van der Waals surface area contributed by atoms with Crippen LogP contribution >= 0.6 is 0 Å². The topological polar surface area (TPSA) is 113 Å². The molecule has 0 aliphatic carbocycles. The number of rotatable bonds is 11. The van der Waals surface area contributed by atoms with Crippen molar-refractivity contribution in [2.24, 2.45) is 0 Å². The Bertz CT molecular complexity index is 1330. The predicted octanol–water partition coefficient (Wildman–Crippen LogP) is 4.47. The summed E-state index contributed by atoms with van der Waals surface area (Å²) in [5, 5.41) is 5.68. The molecule has 0 bridgehead atoms. The number of piperazine rings is 1. The highest BCUT2D eigenvalue weighted by molar-refractivity contribution is 7.92. The smallest absolute Gasteiger partial charge is 0.232 e. The zero-order valence-corrected chi connectivity index (χ0v) is 23.3. The van der Waals surface area contributed by atoms with Gasteiger partial charge < -0.3 is 20.3 Å². The number of benzene rings is 2. The molecule has 2 heterocycles. The van der Waals surface area contributed by atoms with E-state index in [0.29, 0.717) is 17.4 Å². The minimum absolute atomic E-state index is 0.202. The number of nitrogens with one attached hydrogen (secondary N) is 2. The van der Waals surface area contributed by atoms with Crippen molar-refractivity contribution in [1.29, 1.82) is 0 Å². The number of aromatic nitrogens is 3. The van der Waals surface area contributed by atoms with E-state index in [2.05, 4.69) is 48.4 Å². The van der Waals surface area contributed by atoms with Gasteiger partial charge in [0.2, 0.25) is 11.9 Å². The van der Waals surface area contributed by atoms with Gasteiger partial charge in [0.25, 0.3) is 0 Å². The van der Waals surface area contributed by atoms with Gasteiger partial charge in [0.15, 0.2) is 9.84 Å². The third-order valence-electron chi connectivity index (χ3n) is 6.63. The number of hydrogen-bond acceptors (Lipinski definition) is 10. The number of para-hydroxylation sites is 1. The Hall–Kier alpha value is -3.44. The third-order valence-corrected chi connectivity index (χ3v) is 8.84. The van der Waals surface area contributed by atoms with Crippen LogP contribution in [0.3, 0.4) is 0 Å². The van der Waals surface area contributed by atoms with E-state index in [-0.39, 0.29) is 10.8 Å². The molecule has 38 heavy (non-hydrogen) atoms. The average molecular weight is 540 g/mol. The summed E-state index contributed by atoms with van der Waals surface area (Å²) >= 11 is 0. The van der Waals surface area contributed by atoms with Crippen LogP contribution in [-0.2, 0) is 9.84 Å². The van der Waals surface area contributed by atoms with Crippen LogP contribution in [0.5, 0.6) is 5.75 Å². The monoisotopic (exact) mass is 539 g/mol. The molecule has 204 valence electrons. The summed E-state index contributed by atoms with van der Waals surface area (Å²) in [4.78, 5) is 18.0. The van der Waals surface area contributed by atoms with Gasteiger partial charge in [0.05, 0.1) is 28.6 Å². The van der Waals surface area contributed by atoms with E-state index in [0.717, 1.165) is 37.6 Å². The van der Waals surface area contributed by atoms with Gasteiger partial charge in [-0.25, -0.2) is 18.4 Å². The number of ether oxygens (including phenoxy) is 1. The van der Waals surface area contributed by atoms with Gasteiger partial charge in [-0.3, -0.25) is 4.90 Å². The fourth-order valence-corrected chi connectivity index (χ4v) is 5.52. The predicted molar refractivity (Wildman–Crippen MR) is 152 cm³/mol. The molecule has 4 rings (SSSR count). The second-order valence-corrected chi connectivity index (χ2v) is 12.0. The molecule has 2 aromatic carbocycles. The maximum absolute atomic E-state index is 12.8. The lowest BCUT2D eigenvalue weighted by molar-refractivity contribution is 0.254. The van der Waals surface area contributed by atoms with Crippen LogP contribution in [0.15, 0.2) is 53.7 Å². The summed E-state index contributed by atoms with van der Waals surface area (Å²) in [6, 6.07) is 12.8. The van der Waals surface area contributed by atoms with Crippen LogP contribution in [0.25, 0.3) is 0 Å². The van der Waals surface area contributed by atoms with Gasteiger partial charge >= 0.3 is 0 Å². The first kappa shape index (κ1) is 27.6. The molecular weight excluding hydrogens is 502 g/mol. The Morgan fingerprint density at radius 3 is 2.32 bits per heavy atom. The number of methoxy groups -OCH3 is 1. The minimum Gasteiger partial charge on any atom is -0.494 e. The van der Waals surface area contributed by atoms with Crippen LogP contribution in [0, 0.1) is 0 Å². The standard InChI is InChI=1S/C27H37N7O3S/c1-5-6-13-33-14-16-34(17-15-33)21-11-12-22(24(18-21)37-4)30-26-28-19-29-27(32-26)31-23-9-7-8-10-25(23)38(35,36)20(2)3/h7-12,18-20H,5-6,13-17H2,1-4H3,(H2,28,29,30,31,32). The first-order valence-electron chi connectivity index (χ1n) is 13.0. The molecule has 1 aliphatic heterocycles. The van der Waals surface area contributed by atoms with Crippen molar-refractivity contribution in [3.05, 3.63) is 48.8 Å². The van der Waals surface area contributed by atoms with E-state index in [1.54, 1.807) is 45.2 Å². The molecule has 1 aliphatic rings. The van der Waals surface area contributed by atoms with Crippen LogP contribution in [0.2, 0.25) is 0 Å². The molecule has 2 N–H and O–H groups in total. The van der Waals surface area contributed by atoms with E-state index < -0.39 is 15.1 Å². The van der Waals surface area contributed by atoms with E-state index in [4.69, 9.17) is 4.74 Å². The normalized spacial score (nSPS) is 14.5. The first-order chi connectivity index (χ1) is 18.3. The Morgan fingerprint density at radius 2 is 1.66 bits per heavy atom. The largest absolute Gasteiger partial charge is 0.494 e. The number of sulfone groups is 1. The maximum Gasteiger partial charge on any atom is 0.232 e. The van der Waals surface area contributed by atoms with Crippen molar-refractivity contribution >= 4 is 38.8 Å². The quantitative estimate of drug-likeness (QED) is 0.362. The fourth-order valence-electron chi connectivity index (χ4n) is 4.32. The third kappa shape index (κ3) is 6.51. The Morgan fingerprint density at radius 1 is 0.974 bits per heavy atom. The minimum atomic E-state index is -3.49. The zero-order valence-electron chi connectivity index (χ0n) is 22.5. The van der Waals surface area contributed by atoms with Crippen molar-refractivity contribution in [3.63, 3.8) is 0 Å². The Kier molecular flexibility index (Phi) is 9.01. The molecule has 1 saturated heterocycles. The van der Waals surface area contributed by atoms with Gasteiger partial charge in [0, 0.05) is 37.9 Å². The molecule has 0 unspecified atom stereocenters. The van der Waals surface area contributed by atoms with Crippen molar-refractivity contribution in [2.75, 3.05) is 55.4 Å². The van der Waals surface area contributed by atoms with Crippen LogP contribution < -0.4 is 20.3 Å². The van der Waals surface area contributed by atoms with Crippen LogP contribution in [0.4, 0.5) is 29.0 Å². The van der Waals surface area contributed by atoms with Gasteiger partial charge in [-0.05, 0) is 51.1 Å². The zero-order chi connectivity index (χ0) is 27.1. The molecule has 3 aromatic rings. The van der Waals surface area contributed by atoms with Crippen molar-refractivity contribution in [1.82, 2.24) is 19.9 Å². The molecular formula is C27H37N7O3S. The molecule has 0 saturated carbocycles. The van der Waals surface area contributed by atoms with Gasteiger partial charge in [0.1, 0.15) is 12.1 Å². The summed E-state index contributed by atoms with van der Waals surface area (Å²) in [6.07, 6.45) is 3.83. The van der Waals surface area contributed by atoms with Crippen molar-refractivity contribution in [3.8, 4) is 5.75 Å². The molecule has 10 nitrogen and oxygen atoms in total. The number of unbranched alkanes of at least 4 members (excludes halogenated alkanes) is 1. The average Bonchev–Trinajstić information content (AvgIpc) is 2.93. The second-order valence-electron chi connectivity index (χ2n) is 9.54. The SMILES string of the molecule is CCCCN1CCN(c2ccc(Nc3ncnc(Nc4ccccc4S(=O)(=O)C(C)C)n3)c(OC)c2)CC1. The summed E-state index contributed by atoms with van der Waals surface area (Å²) in [7, 11) is -1.85. The first-order valence-corrected chi connectivity index (χ1v) is 14.6. The summed E-state index contributed by atoms with van der Waals surface area (Å²) in [6.45, 7) is 10.8. The van der Waals surface area contributed by atoms with Gasteiger partial charge in [-0.15, -0.1) is 0 Å². The lowest BCUT2D eigenvalue weighted by atomic mass is 10.2. The van der Waals surface area contributed by atoms with Gasteiger partial charge in [-0.2, -0.15) is 4.98 Å². The van der Waals surface area contributed by atoms with E-state index in [1.165, 1.54) is 25.7 Å². The lowest BCUT2D eigenvalue weighted by Crippen LogP contribution is -2.46. The van der Waals surface area contributed by atoms with Crippen molar-refractivity contribution in [2.45, 2.75) is 43.8 Å². The molecule has 1 fully saturated rings. The Balaban J connectivity index is 1.48. The molecule has 0 atom stereocenters. The number of hydrogen-bond donors (Lipinski definition) is 2. The van der Waals surface area contributed by atoms with Crippen LogP contribution in [-0.4, -0.2) is 73.4 Å². The maximum atomic E-state index is 12.8. The van der Waals surface area contributed by atoms with E-state index in [1.807, 2.05) is 12.1 Å². The highest BCUT2D eigenvalue weighted by atomic mass is 32.2. The fraction of sp³-hybridized carbons (Fsp3) is 0.444. The second kappa shape index (κ2) is 12.4. The molecule has 0 spiro atoms.